The molecule has 1 aliphatic rings. The van der Waals surface area contributed by atoms with Crippen LogP contribution in [0.4, 0.5) is 17.1 Å². The maximum absolute atomic E-state index is 12.6. The fraction of sp³-hybridized carbons (Fsp3) is 0.263. The third-order valence-electron chi connectivity index (χ3n) is 4.41. The van der Waals surface area contributed by atoms with Crippen LogP contribution in [0.5, 0.6) is 5.75 Å². The van der Waals surface area contributed by atoms with Crippen LogP contribution in [0.25, 0.3) is 0 Å². The average Bonchev–Trinajstić information content (AvgIpc) is 2.54. The number of hydrogen-bond donors (Lipinski definition) is 4. The van der Waals surface area contributed by atoms with Gasteiger partial charge in [-0.2, -0.15) is 0 Å². The van der Waals surface area contributed by atoms with Gasteiger partial charge in [0.1, 0.15) is 5.75 Å². The van der Waals surface area contributed by atoms with Gasteiger partial charge in [0.15, 0.2) is 0 Å². The summed E-state index contributed by atoms with van der Waals surface area (Å²) >= 11 is 0. The van der Waals surface area contributed by atoms with Crippen LogP contribution >= 0.6 is 0 Å². The van der Waals surface area contributed by atoms with Crippen molar-refractivity contribution in [1.82, 2.24) is 0 Å². The van der Waals surface area contributed by atoms with E-state index in [9.17, 15) is 23.1 Å². The van der Waals surface area contributed by atoms with Gasteiger partial charge < -0.3 is 15.7 Å². The van der Waals surface area contributed by atoms with Crippen LogP contribution in [0.15, 0.2) is 36.4 Å². The molecule has 0 unspecified atom stereocenters. The molecule has 2 amide bonds. The minimum absolute atomic E-state index is 0.110. The molecule has 2 aromatic rings. The zero-order chi connectivity index (χ0) is 20.7. The minimum Gasteiger partial charge on any atom is -0.505 e. The van der Waals surface area contributed by atoms with Gasteiger partial charge in [-0.1, -0.05) is 19.9 Å². The first-order chi connectivity index (χ1) is 13.0. The Morgan fingerprint density at radius 2 is 1.93 bits per heavy atom. The third kappa shape index (κ3) is 4.09. The van der Waals surface area contributed by atoms with Crippen LogP contribution in [0.3, 0.4) is 0 Å². The number of carbonyl (C=O) groups excluding carboxylic acids is 2. The zero-order valence-electron chi connectivity index (χ0n) is 15.7. The van der Waals surface area contributed by atoms with Crippen molar-refractivity contribution >= 4 is 38.9 Å². The first-order valence-corrected chi connectivity index (χ1v) is 10.4. The molecule has 4 N–H and O–H groups in total. The summed E-state index contributed by atoms with van der Waals surface area (Å²) < 4.78 is 25.0. The van der Waals surface area contributed by atoms with Gasteiger partial charge in [-0.25, -0.2) is 8.42 Å². The predicted octanol–water partition coefficient (Wildman–Crippen LogP) is 2.64. The minimum atomic E-state index is -3.47. The Morgan fingerprint density at radius 3 is 2.61 bits per heavy atom. The summed E-state index contributed by atoms with van der Waals surface area (Å²) in [6.45, 7) is 3.69. The molecule has 0 aliphatic carbocycles. The number of rotatable bonds is 4. The number of anilines is 3. The topological polar surface area (TPSA) is 125 Å². The molecule has 0 bridgehead atoms. The Kier molecular flexibility index (Phi) is 4.80. The van der Waals surface area contributed by atoms with Crippen LogP contribution in [0, 0.1) is 0 Å². The van der Waals surface area contributed by atoms with Crippen LogP contribution in [0.1, 0.15) is 36.2 Å². The Labute approximate surface area is 163 Å². The maximum atomic E-state index is 12.6. The maximum Gasteiger partial charge on any atom is 0.255 e. The number of nitrogens with one attached hydrogen (secondary N) is 3. The van der Waals surface area contributed by atoms with Gasteiger partial charge in [0.05, 0.1) is 11.9 Å². The largest absolute Gasteiger partial charge is 0.505 e. The molecular weight excluding hydrogens is 382 g/mol. The Hall–Kier alpha value is -3.07. The Bertz CT molecular complexity index is 1080. The zero-order valence-corrected chi connectivity index (χ0v) is 16.5. The van der Waals surface area contributed by atoms with Crippen molar-refractivity contribution in [1.29, 1.82) is 0 Å². The number of hydrogen-bond acceptors (Lipinski definition) is 5. The molecule has 1 aliphatic heterocycles. The average molecular weight is 403 g/mol. The van der Waals surface area contributed by atoms with Crippen molar-refractivity contribution in [3.8, 4) is 5.75 Å². The monoisotopic (exact) mass is 403 g/mol. The second-order valence-electron chi connectivity index (χ2n) is 7.40. The van der Waals surface area contributed by atoms with E-state index >= 15 is 0 Å². The normalized spacial score (nSPS) is 15.3. The van der Waals surface area contributed by atoms with Crippen molar-refractivity contribution in [2.45, 2.75) is 25.7 Å². The van der Waals surface area contributed by atoms with E-state index in [1.54, 1.807) is 12.1 Å². The highest BCUT2D eigenvalue weighted by Crippen LogP contribution is 2.45. The summed E-state index contributed by atoms with van der Waals surface area (Å²) in [4.78, 5) is 24.4. The standard InChI is InChI=1S/C19H21N3O5S/c1-19(2)10-15(23)20-13-7-8-14(17(24)16(13)19)21-18(25)11-5-4-6-12(9-11)22-28(3,26)27/h4-9,22,24H,10H2,1-3H3,(H,20,23)(H,21,25). The Balaban J connectivity index is 1.90. The summed E-state index contributed by atoms with van der Waals surface area (Å²) in [6.07, 6.45) is 1.23. The fourth-order valence-corrected chi connectivity index (χ4v) is 3.85. The predicted molar refractivity (Wildman–Crippen MR) is 107 cm³/mol. The van der Waals surface area contributed by atoms with Gasteiger partial charge in [0.25, 0.3) is 5.91 Å². The van der Waals surface area contributed by atoms with Crippen LogP contribution in [-0.2, 0) is 20.2 Å². The molecule has 148 valence electrons. The molecule has 0 radical (unpaired) electrons. The summed E-state index contributed by atoms with van der Waals surface area (Å²) in [6, 6.07) is 9.14. The second-order valence-corrected chi connectivity index (χ2v) is 9.15. The van der Waals surface area contributed by atoms with E-state index in [-0.39, 0.29) is 35.0 Å². The highest BCUT2D eigenvalue weighted by atomic mass is 32.2. The molecule has 0 fully saturated rings. The second kappa shape index (κ2) is 6.83. The highest BCUT2D eigenvalue weighted by Gasteiger charge is 2.35. The molecule has 3 rings (SSSR count). The van der Waals surface area contributed by atoms with Crippen molar-refractivity contribution in [3.63, 3.8) is 0 Å². The molecule has 1 heterocycles. The van der Waals surface area contributed by atoms with Crippen LogP contribution in [0.2, 0.25) is 0 Å². The van der Waals surface area contributed by atoms with Gasteiger partial charge in [0.2, 0.25) is 15.9 Å². The van der Waals surface area contributed by atoms with Gasteiger partial charge in [-0.3, -0.25) is 14.3 Å². The van der Waals surface area contributed by atoms with Gasteiger partial charge >= 0.3 is 0 Å². The van der Waals surface area contributed by atoms with E-state index < -0.39 is 21.3 Å². The van der Waals surface area contributed by atoms with Crippen molar-refractivity contribution in [2.24, 2.45) is 0 Å². The summed E-state index contributed by atoms with van der Waals surface area (Å²) in [7, 11) is -3.47. The summed E-state index contributed by atoms with van der Waals surface area (Å²) in [5.74, 6) is -0.754. The first kappa shape index (κ1) is 19.7. The van der Waals surface area contributed by atoms with E-state index in [0.717, 1.165) is 6.26 Å². The molecule has 2 aromatic carbocycles. The fourth-order valence-electron chi connectivity index (χ4n) is 3.30. The molecule has 9 heteroatoms. The molecule has 0 aromatic heterocycles. The number of phenolic OH excluding ortho intramolecular Hbond substituents is 1. The Morgan fingerprint density at radius 1 is 1.21 bits per heavy atom. The lowest BCUT2D eigenvalue weighted by molar-refractivity contribution is -0.117. The van der Waals surface area contributed by atoms with Gasteiger partial charge in [0, 0.05) is 34.3 Å². The SMILES string of the molecule is CC1(C)CC(=O)Nc2ccc(NC(=O)c3cccc(NS(C)(=O)=O)c3)c(O)c21. The number of aromatic hydroxyl groups is 1. The first-order valence-electron chi connectivity index (χ1n) is 8.52. The summed E-state index contributed by atoms with van der Waals surface area (Å²) in [5, 5.41) is 16.1. The van der Waals surface area contributed by atoms with Crippen LogP contribution < -0.4 is 15.4 Å². The number of benzene rings is 2. The molecule has 8 nitrogen and oxygen atoms in total. The van der Waals surface area contributed by atoms with E-state index in [4.69, 9.17) is 0 Å². The number of fused-ring (bicyclic) bond motifs is 1. The summed E-state index contributed by atoms with van der Waals surface area (Å²) in [5.41, 5.74) is 1.15. The number of phenols is 1. The molecule has 0 spiro atoms. The lowest BCUT2D eigenvalue weighted by Crippen LogP contribution is -2.32. The number of amides is 2. The van der Waals surface area contributed by atoms with Crippen LogP contribution in [-0.4, -0.2) is 31.6 Å². The molecular formula is C19H21N3O5S. The van der Waals surface area contributed by atoms with Crippen molar-refractivity contribution < 1.29 is 23.1 Å². The lowest BCUT2D eigenvalue weighted by Gasteiger charge is -2.33. The smallest absolute Gasteiger partial charge is 0.255 e. The number of sulfonamides is 1. The third-order valence-corrected chi connectivity index (χ3v) is 5.01. The number of carbonyl (C=O) groups is 2. The molecule has 28 heavy (non-hydrogen) atoms. The molecule has 0 saturated carbocycles. The quantitative estimate of drug-likeness (QED) is 0.584. The molecule has 0 saturated heterocycles. The van der Waals surface area contributed by atoms with Gasteiger partial charge in [-0.15, -0.1) is 0 Å². The highest BCUT2D eigenvalue weighted by molar-refractivity contribution is 7.92. The van der Waals surface area contributed by atoms with Gasteiger partial charge in [-0.05, 0) is 30.3 Å². The van der Waals surface area contributed by atoms with E-state index in [2.05, 4.69) is 15.4 Å². The molecule has 0 atom stereocenters. The lowest BCUT2D eigenvalue weighted by atomic mass is 9.77. The van der Waals surface area contributed by atoms with E-state index in [1.165, 1.54) is 24.3 Å². The van der Waals surface area contributed by atoms with Crippen molar-refractivity contribution in [2.75, 3.05) is 21.6 Å². The van der Waals surface area contributed by atoms with E-state index in [0.29, 0.717) is 11.3 Å². The van der Waals surface area contributed by atoms with E-state index in [1.807, 2.05) is 13.8 Å². The van der Waals surface area contributed by atoms with Crippen molar-refractivity contribution in [3.05, 3.63) is 47.5 Å².